The van der Waals surface area contributed by atoms with E-state index in [0.717, 1.165) is 71.9 Å². The lowest BCUT2D eigenvalue weighted by atomic mass is 9.91. The van der Waals surface area contributed by atoms with Crippen molar-refractivity contribution < 1.29 is 0 Å². The van der Waals surface area contributed by atoms with Gasteiger partial charge in [-0.05, 0) is 46.2 Å². The number of fused-ring (bicyclic) bond motifs is 7. The van der Waals surface area contributed by atoms with Crippen LogP contribution in [-0.4, -0.2) is 15.0 Å². The van der Waals surface area contributed by atoms with Gasteiger partial charge in [0.25, 0.3) is 0 Å². The predicted octanol–water partition coefficient (Wildman–Crippen LogP) is 12.3. The number of nitrogens with zero attached hydrogens (tertiary/aromatic N) is 3. The molecule has 50 heavy (non-hydrogen) atoms. The summed E-state index contributed by atoms with van der Waals surface area (Å²) in [5.74, 6) is 0. The molecule has 0 fully saturated rings. The Morgan fingerprint density at radius 2 is 0.900 bits per heavy atom. The SMILES string of the molecule is c1ccc(-c2ccc3ccc4ccc(-c5ccc6nc(-c7cccc8ccccc78)c7cccc(-c8ccccc8)c7c6c5)nc4c3n2)cc1. The van der Waals surface area contributed by atoms with E-state index in [0.29, 0.717) is 0 Å². The first kappa shape index (κ1) is 28.3. The molecular weight excluding hydrogens is 607 g/mol. The average Bonchev–Trinajstić information content (AvgIpc) is 3.20. The monoisotopic (exact) mass is 635 g/mol. The topological polar surface area (TPSA) is 38.7 Å². The zero-order chi connectivity index (χ0) is 33.0. The lowest BCUT2D eigenvalue weighted by Crippen LogP contribution is -1.94. The van der Waals surface area contributed by atoms with Crippen molar-refractivity contribution in [3.63, 3.8) is 0 Å². The van der Waals surface area contributed by atoms with Gasteiger partial charge in [0.2, 0.25) is 0 Å². The Morgan fingerprint density at radius 1 is 0.320 bits per heavy atom. The highest BCUT2D eigenvalue weighted by atomic mass is 14.8. The highest BCUT2D eigenvalue weighted by Gasteiger charge is 2.17. The molecule has 3 nitrogen and oxygen atoms in total. The molecule has 3 aromatic heterocycles. The van der Waals surface area contributed by atoms with Gasteiger partial charge >= 0.3 is 0 Å². The van der Waals surface area contributed by atoms with Crippen molar-refractivity contribution in [2.24, 2.45) is 0 Å². The van der Waals surface area contributed by atoms with Crippen LogP contribution in [0.25, 0.3) is 99.2 Å². The van der Waals surface area contributed by atoms with E-state index in [4.69, 9.17) is 15.0 Å². The van der Waals surface area contributed by atoms with Crippen LogP contribution in [0.1, 0.15) is 0 Å². The minimum Gasteiger partial charge on any atom is -0.247 e. The third-order valence-corrected chi connectivity index (χ3v) is 9.83. The molecule has 232 valence electrons. The van der Waals surface area contributed by atoms with Gasteiger partial charge in [0.05, 0.1) is 33.6 Å². The molecule has 0 atom stereocenters. The zero-order valence-corrected chi connectivity index (χ0v) is 27.1. The Hall–Kier alpha value is -6.71. The number of hydrogen-bond acceptors (Lipinski definition) is 3. The summed E-state index contributed by atoms with van der Waals surface area (Å²) in [5, 5.41) is 7.96. The number of hydrogen-bond donors (Lipinski definition) is 0. The third-order valence-electron chi connectivity index (χ3n) is 9.83. The molecule has 10 rings (SSSR count). The summed E-state index contributed by atoms with van der Waals surface area (Å²) in [6.45, 7) is 0. The van der Waals surface area contributed by atoms with Gasteiger partial charge in [0.15, 0.2) is 0 Å². The van der Waals surface area contributed by atoms with Crippen LogP contribution in [0.3, 0.4) is 0 Å². The Morgan fingerprint density at radius 3 is 1.66 bits per heavy atom. The number of aromatic nitrogens is 3. The Balaban J connectivity index is 1.22. The van der Waals surface area contributed by atoms with E-state index in [9.17, 15) is 0 Å². The van der Waals surface area contributed by atoms with Gasteiger partial charge in [0.1, 0.15) is 0 Å². The van der Waals surface area contributed by atoms with Crippen molar-refractivity contribution in [2.45, 2.75) is 0 Å². The molecule has 3 heteroatoms. The van der Waals surface area contributed by atoms with Gasteiger partial charge in [-0.1, -0.05) is 152 Å². The highest BCUT2D eigenvalue weighted by molar-refractivity contribution is 6.19. The molecule has 0 aliphatic rings. The van der Waals surface area contributed by atoms with Crippen LogP contribution in [0.5, 0.6) is 0 Å². The first-order valence-electron chi connectivity index (χ1n) is 16.9. The molecule has 0 aliphatic carbocycles. The molecular formula is C47H29N3. The summed E-state index contributed by atoms with van der Waals surface area (Å²) in [6, 6.07) is 62.0. The molecule has 0 bridgehead atoms. The van der Waals surface area contributed by atoms with Gasteiger partial charge in [-0.3, -0.25) is 0 Å². The third kappa shape index (κ3) is 4.63. The lowest BCUT2D eigenvalue weighted by molar-refractivity contribution is 1.36. The van der Waals surface area contributed by atoms with Crippen molar-refractivity contribution in [2.75, 3.05) is 0 Å². The molecule has 0 saturated carbocycles. The van der Waals surface area contributed by atoms with Crippen molar-refractivity contribution >= 4 is 54.3 Å². The molecule has 3 heterocycles. The van der Waals surface area contributed by atoms with Crippen LogP contribution in [-0.2, 0) is 0 Å². The van der Waals surface area contributed by atoms with Crippen molar-refractivity contribution in [3.8, 4) is 44.9 Å². The van der Waals surface area contributed by atoms with Crippen LogP contribution in [0.2, 0.25) is 0 Å². The molecule has 0 radical (unpaired) electrons. The summed E-state index contributed by atoms with van der Waals surface area (Å²) >= 11 is 0. The summed E-state index contributed by atoms with van der Waals surface area (Å²) in [7, 11) is 0. The molecule has 0 N–H and O–H groups in total. The average molecular weight is 636 g/mol. The maximum Gasteiger partial charge on any atom is 0.0972 e. The van der Waals surface area contributed by atoms with Gasteiger partial charge in [0, 0.05) is 43.6 Å². The summed E-state index contributed by atoms with van der Waals surface area (Å²) in [6.07, 6.45) is 0. The first-order valence-corrected chi connectivity index (χ1v) is 16.9. The molecule has 0 amide bonds. The normalized spacial score (nSPS) is 11.6. The first-order chi connectivity index (χ1) is 24.8. The number of pyridine rings is 3. The molecule has 0 unspecified atom stereocenters. The number of rotatable bonds is 4. The van der Waals surface area contributed by atoms with E-state index < -0.39 is 0 Å². The summed E-state index contributed by atoms with van der Waals surface area (Å²) < 4.78 is 0. The van der Waals surface area contributed by atoms with Crippen LogP contribution < -0.4 is 0 Å². The van der Waals surface area contributed by atoms with Crippen LogP contribution in [0.15, 0.2) is 176 Å². The van der Waals surface area contributed by atoms with E-state index in [1.165, 1.54) is 27.3 Å². The minimum absolute atomic E-state index is 0.900. The maximum absolute atomic E-state index is 5.39. The fourth-order valence-electron chi connectivity index (χ4n) is 7.41. The molecule has 10 aromatic rings. The van der Waals surface area contributed by atoms with E-state index in [2.05, 4.69) is 158 Å². The molecule has 0 spiro atoms. The second-order valence-corrected chi connectivity index (χ2v) is 12.8. The smallest absolute Gasteiger partial charge is 0.0972 e. The van der Waals surface area contributed by atoms with E-state index in [-0.39, 0.29) is 0 Å². The summed E-state index contributed by atoms with van der Waals surface area (Å²) in [5.41, 5.74) is 11.2. The van der Waals surface area contributed by atoms with Gasteiger partial charge in [-0.15, -0.1) is 0 Å². The fraction of sp³-hybridized carbons (Fsp3) is 0. The summed E-state index contributed by atoms with van der Waals surface area (Å²) in [4.78, 5) is 15.8. The van der Waals surface area contributed by atoms with Gasteiger partial charge < -0.3 is 0 Å². The highest BCUT2D eigenvalue weighted by Crippen LogP contribution is 2.41. The van der Waals surface area contributed by atoms with Gasteiger partial charge in [-0.25, -0.2) is 15.0 Å². The Labute approximate surface area is 289 Å². The van der Waals surface area contributed by atoms with E-state index in [1.807, 2.05) is 18.2 Å². The van der Waals surface area contributed by atoms with Crippen molar-refractivity contribution in [3.05, 3.63) is 176 Å². The Kier molecular flexibility index (Phi) is 6.49. The van der Waals surface area contributed by atoms with Crippen LogP contribution >= 0.6 is 0 Å². The van der Waals surface area contributed by atoms with E-state index >= 15 is 0 Å². The molecule has 0 aliphatic heterocycles. The van der Waals surface area contributed by atoms with Crippen LogP contribution in [0, 0.1) is 0 Å². The number of benzene rings is 7. The van der Waals surface area contributed by atoms with Crippen LogP contribution in [0.4, 0.5) is 0 Å². The van der Waals surface area contributed by atoms with Crippen molar-refractivity contribution in [1.82, 2.24) is 15.0 Å². The molecule has 7 aromatic carbocycles. The largest absolute Gasteiger partial charge is 0.247 e. The minimum atomic E-state index is 0.900. The maximum atomic E-state index is 5.39. The Bertz CT molecular complexity index is 2910. The fourth-order valence-corrected chi connectivity index (χ4v) is 7.41. The standard InChI is InChI=1S/C47H29N3/c1-3-11-31(12-4-1)37-18-10-20-39-44(37)40-29-35(25-28-43(40)50-47(39)38-19-9-16-30-13-7-8-17-36(30)38)42-27-24-34-22-21-33-23-26-41(32-14-5-2-6-15-32)48-45(33)46(34)49-42/h1-29H. The van der Waals surface area contributed by atoms with Gasteiger partial charge in [-0.2, -0.15) is 0 Å². The second kappa shape index (κ2) is 11.5. The van der Waals surface area contributed by atoms with Crippen molar-refractivity contribution in [1.29, 1.82) is 0 Å². The quantitative estimate of drug-likeness (QED) is 0.181. The molecule has 0 saturated heterocycles. The second-order valence-electron chi connectivity index (χ2n) is 12.8. The zero-order valence-electron chi connectivity index (χ0n) is 27.1. The van der Waals surface area contributed by atoms with E-state index in [1.54, 1.807) is 0 Å². The lowest BCUT2D eigenvalue weighted by Gasteiger charge is -2.16. The predicted molar refractivity (Wildman–Crippen MR) is 209 cm³/mol.